The van der Waals surface area contributed by atoms with Crippen molar-refractivity contribution in [3.63, 3.8) is 0 Å². The number of rotatable bonds is 4. The van der Waals surface area contributed by atoms with Crippen molar-refractivity contribution in [2.24, 2.45) is 0 Å². The van der Waals surface area contributed by atoms with E-state index in [1.807, 2.05) is 0 Å². The van der Waals surface area contributed by atoms with Gasteiger partial charge in [-0.1, -0.05) is 12.1 Å². The lowest BCUT2D eigenvalue weighted by atomic mass is 10.0. The van der Waals surface area contributed by atoms with Crippen molar-refractivity contribution in [3.8, 4) is 11.1 Å². The number of thiophene rings is 1. The van der Waals surface area contributed by atoms with Gasteiger partial charge >= 0.3 is 5.97 Å². The van der Waals surface area contributed by atoms with E-state index in [-0.39, 0.29) is 22.4 Å². The first-order valence-electron chi connectivity index (χ1n) is 6.23. The van der Waals surface area contributed by atoms with Gasteiger partial charge in [0.05, 0.1) is 16.6 Å². The van der Waals surface area contributed by atoms with E-state index < -0.39 is 10.9 Å². The largest absolute Gasteiger partial charge is 0.459 e. The van der Waals surface area contributed by atoms with E-state index in [1.54, 1.807) is 37.4 Å². The van der Waals surface area contributed by atoms with Crippen LogP contribution in [0.25, 0.3) is 11.1 Å². The SMILES string of the molecule is CC(C)OC(=O)c1c(-c2ccccc2[N+](=O)[O-])csc1N. The molecular formula is C14H14N2O4S. The second-order valence-electron chi connectivity index (χ2n) is 4.62. The minimum absolute atomic E-state index is 0.0751. The number of nitrogen functional groups attached to an aromatic ring is 1. The Hall–Kier alpha value is -2.41. The first-order chi connectivity index (χ1) is 9.91. The summed E-state index contributed by atoms with van der Waals surface area (Å²) in [5.74, 6) is -0.572. The lowest BCUT2D eigenvalue weighted by Gasteiger charge is -2.09. The van der Waals surface area contributed by atoms with Crippen LogP contribution in [0, 0.1) is 10.1 Å². The molecule has 0 saturated heterocycles. The molecule has 0 aliphatic carbocycles. The van der Waals surface area contributed by atoms with Crippen LogP contribution in [0.5, 0.6) is 0 Å². The van der Waals surface area contributed by atoms with E-state index in [0.717, 1.165) is 11.3 Å². The zero-order valence-electron chi connectivity index (χ0n) is 11.5. The van der Waals surface area contributed by atoms with Gasteiger partial charge in [0.2, 0.25) is 0 Å². The number of esters is 1. The van der Waals surface area contributed by atoms with Crippen molar-refractivity contribution in [3.05, 3.63) is 45.3 Å². The zero-order valence-corrected chi connectivity index (χ0v) is 12.3. The molecule has 1 aromatic carbocycles. The number of nitro groups is 1. The van der Waals surface area contributed by atoms with Crippen LogP contribution in [0.1, 0.15) is 24.2 Å². The summed E-state index contributed by atoms with van der Waals surface area (Å²) in [6.45, 7) is 3.45. The molecule has 6 nitrogen and oxygen atoms in total. The summed E-state index contributed by atoms with van der Waals surface area (Å²) < 4.78 is 5.16. The Morgan fingerprint density at radius 2 is 2.00 bits per heavy atom. The molecule has 7 heteroatoms. The molecule has 0 saturated carbocycles. The second kappa shape index (κ2) is 5.92. The average Bonchev–Trinajstić information content (AvgIpc) is 2.79. The third kappa shape index (κ3) is 3.03. The van der Waals surface area contributed by atoms with Gasteiger partial charge in [-0.3, -0.25) is 10.1 Å². The van der Waals surface area contributed by atoms with Crippen molar-refractivity contribution in [1.29, 1.82) is 0 Å². The molecule has 0 spiro atoms. The minimum atomic E-state index is -0.572. The highest BCUT2D eigenvalue weighted by atomic mass is 32.1. The molecule has 0 radical (unpaired) electrons. The highest BCUT2D eigenvalue weighted by Gasteiger charge is 2.25. The van der Waals surface area contributed by atoms with Gasteiger partial charge in [-0.25, -0.2) is 4.79 Å². The maximum absolute atomic E-state index is 12.1. The van der Waals surface area contributed by atoms with Crippen LogP contribution in [-0.4, -0.2) is 17.0 Å². The third-order valence-corrected chi connectivity index (χ3v) is 3.57. The molecule has 2 rings (SSSR count). The van der Waals surface area contributed by atoms with Crippen LogP contribution in [0.3, 0.4) is 0 Å². The molecule has 0 aliphatic rings. The molecular weight excluding hydrogens is 292 g/mol. The Labute approximate surface area is 125 Å². The topological polar surface area (TPSA) is 95.5 Å². The molecule has 0 fully saturated rings. The monoisotopic (exact) mass is 306 g/mol. The predicted molar refractivity (Wildman–Crippen MR) is 81.4 cm³/mol. The van der Waals surface area contributed by atoms with Crippen molar-refractivity contribution < 1.29 is 14.5 Å². The molecule has 2 aromatic rings. The molecule has 1 aromatic heterocycles. The molecule has 0 unspecified atom stereocenters. The summed E-state index contributed by atoms with van der Waals surface area (Å²) in [4.78, 5) is 22.8. The fourth-order valence-electron chi connectivity index (χ4n) is 1.92. The fraction of sp³-hybridized carbons (Fsp3) is 0.214. The molecule has 21 heavy (non-hydrogen) atoms. The Morgan fingerprint density at radius 3 is 2.62 bits per heavy atom. The summed E-state index contributed by atoms with van der Waals surface area (Å²) in [7, 11) is 0. The number of nitrogens with zero attached hydrogens (tertiary/aromatic N) is 1. The Balaban J connectivity index is 2.57. The smallest absolute Gasteiger partial charge is 0.342 e. The Morgan fingerprint density at radius 1 is 1.33 bits per heavy atom. The summed E-state index contributed by atoms with van der Waals surface area (Å²) in [5.41, 5.74) is 6.72. The van der Waals surface area contributed by atoms with E-state index >= 15 is 0 Å². The Kier molecular flexibility index (Phi) is 4.23. The molecule has 0 aliphatic heterocycles. The van der Waals surface area contributed by atoms with E-state index in [9.17, 15) is 14.9 Å². The van der Waals surface area contributed by atoms with Crippen LogP contribution in [0.2, 0.25) is 0 Å². The van der Waals surface area contributed by atoms with Gasteiger partial charge in [-0.05, 0) is 19.9 Å². The number of carbonyl (C=O) groups is 1. The molecule has 0 bridgehead atoms. The lowest BCUT2D eigenvalue weighted by molar-refractivity contribution is -0.384. The molecule has 1 heterocycles. The predicted octanol–water partition coefficient (Wildman–Crippen LogP) is 3.47. The number of benzene rings is 1. The van der Waals surface area contributed by atoms with E-state index in [4.69, 9.17) is 10.5 Å². The van der Waals surface area contributed by atoms with E-state index in [0.29, 0.717) is 11.1 Å². The van der Waals surface area contributed by atoms with Gasteiger partial charge < -0.3 is 10.5 Å². The Bertz CT molecular complexity index is 694. The van der Waals surface area contributed by atoms with Crippen molar-refractivity contribution in [2.45, 2.75) is 20.0 Å². The molecule has 110 valence electrons. The maximum atomic E-state index is 12.1. The number of anilines is 1. The minimum Gasteiger partial charge on any atom is -0.459 e. The number of para-hydroxylation sites is 1. The standard InChI is InChI=1S/C14H14N2O4S/c1-8(2)20-14(17)12-10(7-21-13(12)15)9-5-3-4-6-11(9)16(18)19/h3-8H,15H2,1-2H3. The van der Waals surface area contributed by atoms with Gasteiger partial charge in [0.25, 0.3) is 5.69 Å². The maximum Gasteiger partial charge on any atom is 0.342 e. The summed E-state index contributed by atoms with van der Waals surface area (Å²) in [5, 5.41) is 13.0. The quantitative estimate of drug-likeness (QED) is 0.530. The number of nitrogens with two attached hydrogens (primary N) is 1. The third-order valence-electron chi connectivity index (χ3n) is 2.76. The number of nitro benzene ring substituents is 1. The van der Waals surface area contributed by atoms with Crippen molar-refractivity contribution in [2.75, 3.05) is 5.73 Å². The highest BCUT2D eigenvalue weighted by Crippen LogP contribution is 2.38. The zero-order chi connectivity index (χ0) is 15.6. The lowest BCUT2D eigenvalue weighted by Crippen LogP contribution is -2.13. The van der Waals surface area contributed by atoms with Crippen molar-refractivity contribution in [1.82, 2.24) is 0 Å². The number of ether oxygens (including phenoxy) is 1. The first kappa shape index (κ1) is 15.0. The van der Waals surface area contributed by atoms with Gasteiger partial charge in [0.15, 0.2) is 0 Å². The normalized spacial score (nSPS) is 10.6. The molecule has 0 atom stereocenters. The summed E-state index contributed by atoms with van der Waals surface area (Å²) >= 11 is 1.16. The van der Waals surface area contributed by atoms with Crippen LogP contribution in [0.15, 0.2) is 29.6 Å². The first-order valence-corrected chi connectivity index (χ1v) is 7.11. The second-order valence-corrected chi connectivity index (χ2v) is 5.53. The van der Waals surface area contributed by atoms with Gasteiger partial charge in [-0.2, -0.15) is 0 Å². The van der Waals surface area contributed by atoms with E-state index in [2.05, 4.69) is 0 Å². The number of hydrogen-bond acceptors (Lipinski definition) is 6. The fourth-order valence-corrected chi connectivity index (χ4v) is 2.72. The summed E-state index contributed by atoms with van der Waals surface area (Å²) in [6, 6.07) is 6.23. The van der Waals surface area contributed by atoms with Gasteiger partial charge in [0, 0.05) is 17.0 Å². The highest BCUT2D eigenvalue weighted by molar-refractivity contribution is 7.15. The average molecular weight is 306 g/mol. The van der Waals surface area contributed by atoms with Crippen molar-refractivity contribution >= 4 is 28.0 Å². The van der Waals surface area contributed by atoms with Crippen LogP contribution in [0.4, 0.5) is 10.7 Å². The van der Waals surface area contributed by atoms with Crippen LogP contribution in [-0.2, 0) is 4.74 Å². The molecule has 2 N–H and O–H groups in total. The van der Waals surface area contributed by atoms with E-state index in [1.165, 1.54) is 6.07 Å². The van der Waals surface area contributed by atoms with Gasteiger partial charge in [-0.15, -0.1) is 11.3 Å². The van der Waals surface area contributed by atoms with Crippen LogP contribution < -0.4 is 5.73 Å². The number of carbonyl (C=O) groups excluding carboxylic acids is 1. The van der Waals surface area contributed by atoms with Gasteiger partial charge in [0.1, 0.15) is 10.6 Å². The summed E-state index contributed by atoms with van der Waals surface area (Å²) in [6.07, 6.45) is -0.296. The number of hydrogen-bond donors (Lipinski definition) is 1. The molecule has 0 amide bonds. The van der Waals surface area contributed by atoms with Crippen LogP contribution >= 0.6 is 11.3 Å².